The predicted molar refractivity (Wildman–Crippen MR) is 108 cm³/mol. The van der Waals surface area contributed by atoms with Gasteiger partial charge in [0.15, 0.2) is 0 Å². The zero-order valence-electron chi connectivity index (χ0n) is 16.8. The molecule has 2 aliphatic heterocycles. The largest absolute Gasteiger partial charge is 0.378 e. The summed E-state index contributed by atoms with van der Waals surface area (Å²) in [6.07, 6.45) is 3.63. The zero-order chi connectivity index (χ0) is 19.7. The number of hydrogen-bond acceptors (Lipinski definition) is 7. The Bertz CT molecular complexity index is 834. The molecule has 0 radical (unpaired) electrons. The van der Waals surface area contributed by atoms with Crippen LogP contribution < -0.4 is 5.32 Å². The van der Waals surface area contributed by atoms with Gasteiger partial charge in [-0.3, -0.25) is 9.48 Å². The van der Waals surface area contributed by atoms with Crippen LogP contribution in [0.1, 0.15) is 49.1 Å². The number of rotatable bonds is 4. The molecule has 0 bridgehead atoms. The van der Waals surface area contributed by atoms with Crippen LogP contribution in [-0.4, -0.2) is 62.8 Å². The molecule has 0 spiro atoms. The fourth-order valence-corrected chi connectivity index (χ4v) is 4.38. The third-order valence-electron chi connectivity index (χ3n) is 5.35. The summed E-state index contributed by atoms with van der Waals surface area (Å²) in [5, 5.41) is 8.77. The van der Waals surface area contributed by atoms with Gasteiger partial charge in [-0.25, -0.2) is 4.98 Å². The highest BCUT2D eigenvalue weighted by molar-refractivity contribution is 7.09. The van der Waals surface area contributed by atoms with Gasteiger partial charge in [-0.2, -0.15) is 9.47 Å². The molecule has 2 aromatic heterocycles. The minimum absolute atomic E-state index is 0.0392. The molecule has 1 atom stereocenters. The van der Waals surface area contributed by atoms with E-state index < -0.39 is 0 Å². The fourth-order valence-electron chi connectivity index (χ4n) is 3.62. The van der Waals surface area contributed by atoms with Crippen LogP contribution in [0.2, 0.25) is 0 Å². The number of nitrogens with zero attached hydrogens (tertiary/aromatic N) is 5. The molecule has 4 heterocycles. The first-order valence-corrected chi connectivity index (χ1v) is 10.7. The van der Waals surface area contributed by atoms with Crippen molar-refractivity contribution in [1.29, 1.82) is 0 Å². The summed E-state index contributed by atoms with van der Waals surface area (Å²) < 4.78 is 11.8. The molecule has 0 aromatic carbocycles. The maximum Gasteiger partial charge on any atom is 0.257 e. The Balaban J connectivity index is 1.39. The lowest BCUT2D eigenvalue weighted by atomic mass is 9.94. The molecule has 1 saturated heterocycles. The van der Waals surface area contributed by atoms with Gasteiger partial charge in [0.2, 0.25) is 5.13 Å². The van der Waals surface area contributed by atoms with E-state index in [-0.39, 0.29) is 11.3 Å². The number of amides is 1. The summed E-state index contributed by atoms with van der Waals surface area (Å²) in [7, 11) is 0. The fraction of sp³-hybridized carbons (Fsp3) is 0.684. The summed E-state index contributed by atoms with van der Waals surface area (Å²) in [6.45, 7) is 10.6. The number of fused-ring (bicyclic) bond motifs is 1. The Kier molecular flexibility index (Phi) is 5.37. The van der Waals surface area contributed by atoms with Crippen LogP contribution in [0.4, 0.5) is 5.13 Å². The molecule has 28 heavy (non-hydrogen) atoms. The van der Waals surface area contributed by atoms with Crippen molar-refractivity contribution in [3.63, 3.8) is 0 Å². The van der Waals surface area contributed by atoms with Crippen LogP contribution in [0.15, 0.2) is 6.20 Å². The normalized spacial score (nSPS) is 20.1. The Hall–Kier alpha value is -2.00. The van der Waals surface area contributed by atoms with Crippen LogP contribution in [0.25, 0.3) is 0 Å². The number of carbonyl (C=O) groups is 1. The predicted octanol–water partition coefficient (Wildman–Crippen LogP) is 2.18. The van der Waals surface area contributed by atoms with Gasteiger partial charge in [0.25, 0.3) is 5.91 Å². The third-order valence-corrected chi connectivity index (χ3v) is 6.02. The molecule has 0 saturated carbocycles. The van der Waals surface area contributed by atoms with Gasteiger partial charge in [-0.1, -0.05) is 20.8 Å². The number of anilines is 1. The van der Waals surface area contributed by atoms with E-state index in [1.165, 1.54) is 11.5 Å². The molecule has 152 valence electrons. The van der Waals surface area contributed by atoms with Crippen molar-refractivity contribution in [2.75, 3.05) is 38.2 Å². The second-order valence-electron chi connectivity index (χ2n) is 8.55. The van der Waals surface area contributed by atoms with Gasteiger partial charge < -0.3 is 15.0 Å². The lowest BCUT2D eigenvalue weighted by Crippen LogP contribution is -2.41. The van der Waals surface area contributed by atoms with Gasteiger partial charge in [-0.05, 0) is 18.8 Å². The van der Waals surface area contributed by atoms with Crippen LogP contribution in [0.5, 0.6) is 0 Å². The summed E-state index contributed by atoms with van der Waals surface area (Å²) >= 11 is 1.42. The van der Waals surface area contributed by atoms with Crippen molar-refractivity contribution in [2.45, 2.75) is 45.6 Å². The minimum Gasteiger partial charge on any atom is -0.378 e. The van der Waals surface area contributed by atoms with Crippen LogP contribution in [0.3, 0.4) is 0 Å². The van der Waals surface area contributed by atoms with Crippen molar-refractivity contribution in [1.82, 2.24) is 24.0 Å². The Morgan fingerprint density at radius 1 is 1.32 bits per heavy atom. The monoisotopic (exact) mass is 404 g/mol. The number of hydrogen-bond donors (Lipinski definition) is 1. The van der Waals surface area contributed by atoms with Crippen LogP contribution in [0, 0.1) is 5.92 Å². The molecule has 2 aliphatic rings. The number of aryl methyl sites for hydroxylation is 1. The smallest absolute Gasteiger partial charge is 0.257 e. The molecule has 1 N–H and O–H groups in total. The Morgan fingerprint density at radius 3 is 2.82 bits per heavy atom. The molecule has 1 fully saturated rings. The summed E-state index contributed by atoms with van der Waals surface area (Å²) in [6, 6.07) is 0. The number of ether oxygens (including phenoxy) is 1. The van der Waals surface area contributed by atoms with E-state index in [9.17, 15) is 4.79 Å². The van der Waals surface area contributed by atoms with E-state index in [1.807, 2.05) is 9.58 Å². The SMILES string of the molecule is CC(C)(C)c1nsc(NC[C@H]2CCn3ncc(C(=O)N4CCOCC4)c3C2)n1. The molecule has 4 rings (SSSR count). The molecule has 2 aromatic rings. The maximum atomic E-state index is 12.9. The number of morpholine rings is 1. The second-order valence-corrected chi connectivity index (χ2v) is 9.30. The van der Waals surface area contributed by atoms with Crippen molar-refractivity contribution < 1.29 is 9.53 Å². The lowest BCUT2D eigenvalue weighted by molar-refractivity contribution is 0.0301. The van der Waals surface area contributed by atoms with E-state index in [0.29, 0.717) is 32.2 Å². The second kappa shape index (κ2) is 7.79. The summed E-state index contributed by atoms with van der Waals surface area (Å²) in [5.41, 5.74) is 1.77. The van der Waals surface area contributed by atoms with E-state index in [0.717, 1.165) is 48.1 Å². The first-order valence-electron chi connectivity index (χ1n) is 9.91. The van der Waals surface area contributed by atoms with Crippen molar-refractivity contribution in [3.8, 4) is 0 Å². The third kappa shape index (κ3) is 4.05. The highest BCUT2D eigenvalue weighted by Crippen LogP contribution is 2.26. The van der Waals surface area contributed by atoms with Crippen LogP contribution >= 0.6 is 11.5 Å². The van der Waals surface area contributed by atoms with E-state index >= 15 is 0 Å². The molecule has 9 heteroatoms. The molecule has 8 nitrogen and oxygen atoms in total. The summed E-state index contributed by atoms with van der Waals surface area (Å²) in [5.74, 6) is 1.40. The molecular formula is C19H28N6O2S. The molecule has 0 unspecified atom stereocenters. The first-order chi connectivity index (χ1) is 13.4. The van der Waals surface area contributed by atoms with Crippen LogP contribution in [-0.2, 0) is 23.1 Å². The maximum absolute atomic E-state index is 12.9. The lowest BCUT2D eigenvalue weighted by Gasteiger charge is -2.28. The molecule has 0 aliphatic carbocycles. The molecule has 1 amide bonds. The number of carbonyl (C=O) groups excluding carboxylic acids is 1. The van der Waals surface area contributed by atoms with Crippen molar-refractivity contribution in [2.24, 2.45) is 5.92 Å². The zero-order valence-corrected chi connectivity index (χ0v) is 17.6. The highest BCUT2D eigenvalue weighted by Gasteiger charge is 2.28. The van der Waals surface area contributed by atoms with Gasteiger partial charge in [0.1, 0.15) is 5.82 Å². The average molecular weight is 405 g/mol. The van der Waals surface area contributed by atoms with Gasteiger partial charge in [-0.15, -0.1) is 0 Å². The standard InChI is InChI=1S/C19H28N6O2S/c1-19(2,3)17-22-18(28-23-17)20-11-13-4-5-25-15(10-13)14(12-21-25)16(26)24-6-8-27-9-7-24/h12-13H,4-11H2,1-3H3,(H,20,22,23)/t13-/m0/s1. The Morgan fingerprint density at radius 2 is 2.11 bits per heavy atom. The first kappa shape index (κ1) is 19.3. The minimum atomic E-state index is -0.0392. The van der Waals surface area contributed by atoms with Crippen molar-refractivity contribution >= 4 is 22.6 Å². The topological polar surface area (TPSA) is 85.2 Å². The van der Waals surface area contributed by atoms with Gasteiger partial charge in [0, 0.05) is 43.1 Å². The number of nitrogens with one attached hydrogen (secondary N) is 1. The molecular weight excluding hydrogens is 376 g/mol. The quantitative estimate of drug-likeness (QED) is 0.841. The highest BCUT2D eigenvalue weighted by atomic mass is 32.1. The number of aromatic nitrogens is 4. The Labute approximate surface area is 169 Å². The van der Waals surface area contributed by atoms with E-state index in [4.69, 9.17) is 4.74 Å². The van der Waals surface area contributed by atoms with Crippen molar-refractivity contribution in [3.05, 3.63) is 23.3 Å². The average Bonchev–Trinajstić information content (AvgIpc) is 3.33. The van der Waals surface area contributed by atoms with E-state index in [1.54, 1.807) is 6.20 Å². The van der Waals surface area contributed by atoms with E-state index in [2.05, 4.69) is 40.5 Å². The van der Waals surface area contributed by atoms with Gasteiger partial charge >= 0.3 is 0 Å². The summed E-state index contributed by atoms with van der Waals surface area (Å²) in [4.78, 5) is 19.4. The van der Waals surface area contributed by atoms with Gasteiger partial charge in [0.05, 0.1) is 30.7 Å².